The van der Waals surface area contributed by atoms with E-state index in [-0.39, 0.29) is 12.3 Å². The van der Waals surface area contributed by atoms with Crippen LogP contribution >= 0.6 is 11.6 Å². The zero-order valence-electron chi connectivity index (χ0n) is 17.1. The Balaban J connectivity index is 1.70. The van der Waals surface area contributed by atoms with Gasteiger partial charge in [-0.2, -0.15) is 5.10 Å². The molecule has 7 nitrogen and oxygen atoms in total. The number of aromatic nitrogens is 2. The Bertz CT molecular complexity index is 1070. The number of amides is 1. The van der Waals surface area contributed by atoms with Gasteiger partial charge >= 0.3 is 5.97 Å². The Morgan fingerprint density at radius 1 is 1.19 bits per heavy atom. The highest BCUT2D eigenvalue weighted by atomic mass is 35.5. The van der Waals surface area contributed by atoms with Crippen LogP contribution < -0.4 is 5.32 Å². The largest absolute Gasteiger partial charge is 0.469 e. The molecule has 2 heterocycles. The summed E-state index contributed by atoms with van der Waals surface area (Å²) in [5.41, 5.74) is 3.63. The number of nitrogens with zero attached hydrogens (tertiary/aromatic N) is 3. The smallest absolute Gasteiger partial charge is 0.307 e. The van der Waals surface area contributed by atoms with Crippen molar-refractivity contribution in [2.24, 2.45) is 0 Å². The molecular weight excluding hydrogens is 416 g/mol. The van der Waals surface area contributed by atoms with E-state index in [9.17, 15) is 9.59 Å². The van der Waals surface area contributed by atoms with E-state index in [1.807, 2.05) is 70.4 Å². The van der Waals surface area contributed by atoms with Gasteiger partial charge in [-0.15, -0.1) is 0 Å². The number of hydrogen-bond acceptors (Lipinski definition) is 5. The van der Waals surface area contributed by atoms with Crippen molar-refractivity contribution in [3.8, 4) is 16.9 Å². The molecule has 1 N–H and O–H groups in total. The fourth-order valence-corrected chi connectivity index (χ4v) is 3.85. The molecule has 2 aromatic carbocycles. The van der Waals surface area contributed by atoms with E-state index >= 15 is 0 Å². The number of halogens is 1. The number of piperazine rings is 1. The molecular formula is C23H23ClN4O3. The summed E-state index contributed by atoms with van der Waals surface area (Å²) in [6.07, 6.45) is 1.98. The SMILES string of the molecule is COC(=O)C[C@@H]1C(=O)NCCN1Cc1cn(-c2ccccc2)nc1-c1ccc(Cl)cc1. The zero-order chi connectivity index (χ0) is 21.8. The van der Waals surface area contributed by atoms with Crippen LogP contribution in [0.4, 0.5) is 0 Å². The molecule has 1 fully saturated rings. The summed E-state index contributed by atoms with van der Waals surface area (Å²) >= 11 is 6.07. The van der Waals surface area contributed by atoms with Crippen LogP contribution in [0, 0.1) is 0 Å². The van der Waals surface area contributed by atoms with Gasteiger partial charge in [0.25, 0.3) is 0 Å². The minimum atomic E-state index is -0.584. The van der Waals surface area contributed by atoms with Crippen LogP contribution in [0.25, 0.3) is 16.9 Å². The average molecular weight is 439 g/mol. The minimum absolute atomic E-state index is 0.00539. The first-order valence-corrected chi connectivity index (χ1v) is 10.4. The Kier molecular flexibility index (Phi) is 6.34. The molecule has 1 amide bonds. The summed E-state index contributed by atoms with van der Waals surface area (Å²) in [5.74, 6) is -0.579. The molecule has 1 aliphatic heterocycles. The third-order valence-electron chi connectivity index (χ3n) is 5.33. The Morgan fingerprint density at radius 3 is 2.65 bits per heavy atom. The van der Waals surface area contributed by atoms with Crippen molar-refractivity contribution >= 4 is 23.5 Å². The van der Waals surface area contributed by atoms with Crippen molar-refractivity contribution in [2.75, 3.05) is 20.2 Å². The van der Waals surface area contributed by atoms with Gasteiger partial charge < -0.3 is 10.1 Å². The summed E-state index contributed by atoms with van der Waals surface area (Å²) in [5, 5.41) is 8.31. The summed E-state index contributed by atoms with van der Waals surface area (Å²) in [7, 11) is 1.33. The van der Waals surface area contributed by atoms with E-state index in [1.165, 1.54) is 7.11 Å². The van der Waals surface area contributed by atoms with Crippen molar-refractivity contribution in [2.45, 2.75) is 19.0 Å². The maximum absolute atomic E-state index is 12.5. The van der Waals surface area contributed by atoms with E-state index in [2.05, 4.69) is 5.32 Å². The summed E-state index contributed by atoms with van der Waals surface area (Å²) in [4.78, 5) is 26.3. The molecule has 4 rings (SSSR count). The third-order valence-corrected chi connectivity index (χ3v) is 5.58. The first-order valence-electron chi connectivity index (χ1n) is 10.0. The molecule has 1 atom stereocenters. The van der Waals surface area contributed by atoms with Crippen molar-refractivity contribution in [1.82, 2.24) is 20.0 Å². The lowest BCUT2D eigenvalue weighted by Gasteiger charge is -2.34. The molecule has 0 unspecified atom stereocenters. The Hall–Kier alpha value is -3.16. The van der Waals surface area contributed by atoms with Crippen LogP contribution in [0.1, 0.15) is 12.0 Å². The van der Waals surface area contributed by atoms with E-state index in [1.54, 1.807) is 0 Å². The van der Waals surface area contributed by atoms with E-state index in [0.29, 0.717) is 24.7 Å². The molecule has 0 saturated carbocycles. The van der Waals surface area contributed by atoms with Crippen molar-refractivity contribution in [1.29, 1.82) is 0 Å². The lowest BCUT2D eigenvalue weighted by atomic mass is 10.0. The van der Waals surface area contributed by atoms with Gasteiger partial charge in [0.15, 0.2) is 0 Å². The van der Waals surface area contributed by atoms with Gasteiger partial charge in [0.05, 0.1) is 24.9 Å². The average Bonchev–Trinajstić information content (AvgIpc) is 3.21. The van der Waals surface area contributed by atoms with E-state index in [4.69, 9.17) is 21.4 Å². The maximum Gasteiger partial charge on any atom is 0.307 e. The standard InChI is InChI=1S/C23H23ClN4O3/c1-31-21(29)13-20-23(30)25-11-12-27(20)14-17-15-28(19-5-3-2-4-6-19)26-22(17)16-7-9-18(24)10-8-16/h2-10,15,20H,11-14H2,1H3,(H,25,30)/t20-/m1/s1. The molecule has 0 radical (unpaired) electrons. The highest BCUT2D eigenvalue weighted by molar-refractivity contribution is 6.30. The highest BCUT2D eigenvalue weighted by Crippen LogP contribution is 2.27. The monoisotopic (exact) mass is 438 g/mol. The predicted octanol–water partition coefficient (Wildman–Crippen LogP) is 3.06. The fraction of sp³-hybridized carbons (Fsp3) is 0.261. The van der Waals surface area contributed by atoms with Crippen molar-refractivity contribution in [3.63, 3.8) is 0 Å². The van der Waals surface area contributed by atoms with Gasteiger partial charge in [-0.1, -0.05) is 41.9 Å². The number of nitrogens with one attached hydrogen (secondary N) is 1. The number of methoxy groups -OCH3 is 1. The summed E-state index contributed by atoms with van der Waals surface area (Å²) in [6.45, 7) is 1.63. The fourth-order valence-electron chi connectivity index (χ4n) is 3.72. The highest BCUT2D eigenvalue weighted by Gasteiger charge is 2.32. The first-order chi connectivity index (χ1) is 15.0. The van der Waals surface area contributed by atoms with Gasteiger partial charge in [-0.3, -0.25) is 14.5 Å². The van der Waals surface area contributed by atoms with Crippen LogP contribution in [0.15, 0.2) is 60.8 Å². The number of carbonyl (C=O) groups is 2. The number of esters is 1. The second-order valence-corrected chi connectivity index (χ2v) is 7.78. The molecule has 31 heavy (non-hydrogen) atoms. The number of benzene rings is 2. The van der Waals surface area contributed by atoms with E-state index in [0.717, 1.165) is 22.5 Å². The van der Waals surface area contributed by atoms with Gasteiger partial charge in [-0.25, -0.2) is 4.68 Å². The molecule has 0 aliphatic carbocycles. The van der Waals surface area contributed by atoms with Crippen LogP contribution in [0.5, 0.6) is 0 Å². The normalized spacial score (nSPS) is 16.7. The number of carbonyl (C=O) groups excluding carboxylic acids is 2. The molecule has 1 saturated heterocycles. The molecule has 8 heteroatoms. The van der Waals surface area contributed by atoms with Crippen molar-refractivity contribution < 1.29 is 14.3 Å². The van der Waals surface area contributed by atoms with Gasteiger partial charge in [0, 0.05) is 42.0 Å². The molecule has 1 aromatic heterocycles. The molecule has 160 valence electrons. The lowest BCUT2D eigenvalue weighted by molar-refractivity contribution is -0.146. The number of rotatable bonds is 6. The van der Waals surface area contributed by atoms with E-state index < -0.39 is 12.0 Å². The zero-order valence-corrected chi connectivity index (χ0v) is 17.9. The quantitative estimate of drug-likeness (QED) is 0.598. The third kappa shape index (κ3) is 4.78. The maximum atomic E-state index is 12.5. The summed E-state index contributed by atoms with van der Waals surface area (Å²) in [6, 6.07) is 16.8. The van der Waals surface area contributed by atoms with Gasteiger partial charge in [0.2, 0.25) is 5.91 Å². The summed E-state index contributed by atoms with van der Waals surface area (Å²) < 4.78 is 6.62. The Morgan fingerprint density at radius 2 is 1.94 bits per heavy atom. The number of para-hydroxylation sites is 1. The molecule has 3 aromatic rings. The predicted molar refractivity (Wildman–Crippen MR) is 118 cm³/mol. The number of ether oxygens (including phenoxy) is 1. The minimum Gasteiger partial charge on any atom is -0.469 e. The van der Waals surface area contributed by atoms with Crippen LogP contribution in [0.2, 0.25) is 5.02 Å². The van der Waals surface area contributed by atoms with Crippen LogP contribution in [-0.2, 0) is 20.9 Å². The Labute approximate surface area is 185 Å². The first kappa shape index (κ1) is 21.1. The second kappa shape index (κ2) is 9.32. The molecule has 1 aliphatic rings. The lowest BCUT2D eigenvalue weighted by Crippen LogP contribution is -2.55. The number of hydrogen-bond donors (Lipinski definition) is 1. The van der Waals surface area contributed by atoms with Crippen LogP contribution in [-0.4, -0.2) is 52.8 Å². The van der Waals surface area contributed by atoms with Crippen molar-refractivity contribution in [3.05, 3.63) is 71.4 Å². The topological polar surface area (TPSA) is 76.5 Å². The second-order valence-electron chi connectivity index (χ2n) is 7.35. The molecule has 0 spiro atoms. The van der Waals surface area contributed by atoms with Gasteiger partial charge in [-0.05, 0) is 24.3 Å². The van der Waals surface area contributed by atoms with Crippen LogP contribution in [0.3, 0.4) is 0 Å². The van der Waals surface area contributed by atoms with Gasteiger partial charge in [0.1, 0.15) is 6.04 Å². The molecule has 0 bridgehead atoms.